The molecule has 108 valence electrons. The molecular formula is C14H19F3O2. The Bertz CT molecular complexity index is 358. The second kappa shape index (κ2) is 7.38. The summed E-state index contributed by atoms with van der Waals surface area (Å²) in [5.74, 6) is 1.19. The molecule has 1 aromatic carbocycles. The van der Waals surface area contributed by atoms with Gasteiger partial charge in [-0.25, -0.2) is 0 Å². The van der Waals surface area contributed by atoms with E-state index in [1.54, 1.807) is 0 Å². The van der Waals surface area contributed by atoms with Gasteiger partial charge in [-0.1, -0.05) is 26.0 Å². The molecule has 0 spiro atoms. The molecule has 19 heavy (non-hydrogen) atoms. The topological polar surface area (TPSA) is 18.5 Å². The molecule has 2 nitrogen and oxygen atoms in total. The third-order valence-corrected chi connectivity index (χ3v) is 2.51. The van der Waals surface area contributed by atoms with E-state index < -0.39 is 12.8 Å². The van der Waals surface area contributed by atoms with E-state index in [0.29, 0.717) is 18.9 Å². The van der Waals surface area contributed by atoms with E-state index in [1.165, 1.54) is 5.56 Å². The van der Waals surface area contributed by atoms with Crippen LogP contribution in [0.5, 0.6) is 5.75 Å². The van der Waals surface area contributed by atoms with Gasteiger partial charge in [0, 0.05) is 6.42 Å². The number of ether oxygens (including phenoxy) is 2. The molecule has 0 aromatic heterocycles. The Morgan fingerprint density at radius 3 is 2.21 bits per heavy atom. The highest BCUT2D eigenvalue weighted by atomic mass is 19.4. The van der Waals surface area contributed by atoms with Gasteiger partial charge in [-0.3, -0.25) is 0 Å². The first-order valence-electron chi connectivity index (χ1n) is 6.26. The summed E-state index contributed by atoms with van der Waals surface area (Å²) in [6.07, 6.45) is -3.82. The van der Waals surface area contributed by atoms with E-state index >= 15 is 0 Å². The Balaban J connectivity index is 2.16. The van der Waals surface area contributed by atoms with Gasteiger partial charge in [0.25, 0.3) is 0 Å². The molecule has 1 aromatic rings. The van der Waals surface area contributed by atoms with Crippen LogP contribution in [0.4, 0.5) is 13.2 Å². The zero-order valence-electron chi connectivity index (χ0n) is 11.2. The summed E-state index contributed by atoms with van der Waals surface area (Å²) in [6.45, 7) is 3.40. The lowest BCUT2D eigenvalue weighted by atomic mass is 10.0. The second-order valence-corrected chi connectivity index (χ2v) is 4.59. The van der Waals surface area contributed by atoms with Gasteiger partial charge in [0.2, 0.25) is 0 Å². The third-order valence-electron chi connectivity index (χ3n) is 2.51. The Hall–Kier alpha value is -1.23. The van der Waals surface area contributed by atoms with Crippen LogP contribution in [0.2, 0.25) is 0 Å². The minimum absolute atomic E-state index is 0.0452. The molecule has 0 bridgehead atoms. The maximum Gasteiger partial charge on any atom is 0.411 e. The molecule has 0 radical (unpaired) electrons. The highest BCUT2D eigenvalue weighted by Gasteiger charge is 2.27. The van der Waals surface area contributed by atoms with Crippen molar-refractivity contribution in [3.8, 4) is 5.75 Å². The predicted octanol–water partition coefficient (Wildman–Crippen LogP) is 4.16. The average molecular weight is 276 g/mol. The van der Waals surface area contributed by atoms with Crippen LogP contribution in [-0.2, 0) is 4.74 Å². The highest BCUT2D eigenvalue weighted by molar-refractivity contribution is 5.28. The molecule has 0 saturated heterocycles. The van der Waals surface area contributed by atoms with Crippen LogP contribution >= 0.6 is 0 Å². The summed E-state index contributed by atoms with van der Waals surface area (Å²) < 4.78 is 45.2. The van der Waals surface area contributed by atoms with Crippen molar-refractivity contribution >= 4 is 0 Å². The predicted molar refractivity (Wildman–Crippen MR) is 67.5 cm³/mol. The fourth-order valence-corrected chi connectivity index (χ4v) is 1.49. The number of hydrogen-bond donors (Lipinski definition) is 0. The Kier molecular flexibility index (Phi) is 6.15. The quantitative estimate of drug-likeness (QED) is 0.696. The normalized spacial score (nSPS) is 11.9. The lowest BCUT2D eigenvalue weighted by Crippen LogP contribution is -2.18. The average Bonchev–Trinajstić information content (AvgIpc) is 2.33. The molecule has 0 saturated carbocycles. The molecule has 0 atom stereocenters. The minimum atomic E-state index is -4.26. The number of halogens is 3. The van der Waals surface area contributed by atoms with Crippen LogP contribution in [0.3, 0.4) is 0 Å². The van der Waals surface area contributed by atoms with Crippen molar-refractivity contribution in [3.05, 3.63) is 29.8 Å². The molecule has 0 aliphatic rings. The van der Waals surface area contributed by atoms with Crippen LogP contribution in [-0.4, -0.2) is 26.0 Å². The van der Waals surface area contributed by atoms with E-state index in [9.17, 15) is 13.2 Å². The van der Waals surface area contributed by atoms with E-state index in [2.05, 4.69) is 18.6 Å². The van der Waals surface area contributed by atoms with Crippen molar-refractivity contribution in [1.82, 2.24) is 0 Å². The van der Waals surface area contributed by atoms with Crippen molar-refractivity contribution in [1.29, 1.82) is 0 Å². The van der Waals surface area contributed by atoms with Gasteiger partial charge < -0.3 is 9.47 Å². The number of hydrogen-bond acceptors (Lipinski definition) is 2. The molecule has 5 heteroatoms. The van der Waals surface area contributed by atoms with Crippen molar-refractivity contribution in [3.63, 3.8) is 0 Å². The van der Waals surface area contributed by atoms with E-state index in [0.717, 1.165) is 5.75 Å². The van der Waals surface area contributed by atoms with Gasteiger partial charge in [0.05, 0.1) is 13.2 Å². The van der Waals surface area contributed by atoms with Crippen LogP contribution < -0.4 is 4.74 Å². The maximum atomic E-state index is 11.8. The number of benzene rings is 1. The SMILES string of the molecule is CC(C)c1ccc(OCCCOCC(F)(F)F)cc1. The molecule has 0 aliphatic carbocycles. The van der Waals surface area contributed by atoms with Crippen LogP contribution in [0.1, 0.15) is 31.7 Å². The van der Waals surface area contributed by atoms with E-state index in [-0.39, 0.29) is 6.61 Å². The molecular weight excluding hydrogens is 257 g/mol. The lowest BCUT2D eigenvalue weighted by Gasteiger charge is -2.10. The lowest BCUT2D eigenvalue weighted by molar-refractivity contribution is -0.174. The first-order chi connectivity index (χ1) is 8.88. The number of rotatable bonds is 7. The molecule has 0 aliphatic heterocycles. The summed E-state index contributed by atoms with van der Waals surface area (Å²) in [6, 6.07) is 7.71. The highest BCUT2D eigenvalue weighted by Crippen LogP contribution is 2.18. The van der Waals surface area contributed by atoms with Crippen molar-refractivity contribution < 1.29 is 22.6 Å². The third kappa shape index (κ3) is 7.06. The summed E-state index contributed by atoms with van der Waals surface area (Å²) in [7, 11) is 0. The van der Waals surface area contributed by atoms with Crippen molar-refractivity contribution in [2.45, 2.75) is 32.4 Å². The van der Waals surface area contributed by atoms with Gasteiger partial charge in [0.1, 0.15) is 12.4 Å². The Morgan fingerprint density at radius 1 is 1.05 bits per heavy atom. The molecule has 0 heterocycles. The van der Waals surface area contributed by atoms with E-state index in [1.807, 2.05) is 24.3 Å². The van der Waals surface area contributed by atoms with Gasteiger partial charge in [-0.2, -0.15) is 13.2 Å². The number of alkyl halides is 3. The van der Waals surface area contributed by atoms with Gasteiger partial charge in [-0.05, 0) is 23.6 Å². The molecule has 0 fully saturated rings. The monoisotopic (exact) mass is 276 g/mol. The smallest absolute Gasteiger partial charge is 0.411 e. The van der Waals surface area contributed by atoms with Crippen LogP contribution in [0.15, 0.2) is 24.3 Å². The first-order valence-corrected chi connectivity index (χ1v) is 6.26. The summed E-state index contributed by atoms with van der Waals surface area (Å²) in [5.41, 5.74) is 1.22. The molecule has 0 N–H and O–H groups in total. The van der Waals surface area contributed by atoms with Crippen LogP contribution in [0, 0.1) is 0 Å². The van der Waals surface area contributed by atoms with Gasteiger partial charge in [-0.15, -0.1) is 0 Å². The maximum absolute atomic E-state index is 11.8. The molecule has 1 rings (SSSR count). The van der Waals surface area contributed by atoms with Crippen molar-refractivity contribution in [2.75, 3.05) is 19.8 Å². The zero-order valence-corrected chi connectivity index (χ0v) is 11.2. The fraction of sp³-hybridized carbons (Fsp3) is 0.571. The molecule has 0 unspecified atom stereocenters. The Morgan fingerprint density at radius 2 is 1.68 bits per heavy atom. The summed E-state index contributed by atoms with van der Waals surface area (Å²) >= 11 is 0. The van der Waals surface area contributed by atoms with Gasteiger partial charge >= 0.3 is 6.18 Å². The summed E-state index contributed by atoms with van der Waals surface area (Å²) in [4.78, 5) is 0. The van der Waals surface area contributed by atoms with E-state index in [4.69, 9.17) is 4.74 Å². The first kappa shape index (κ1) is 15.8. The summed E-state index contributed by atoms with van der Waals surface area (Å²) in [5, 5.41) is 0. The van der Waals surface area contributed by atoms with Gasteiger partial charge in [0.15, 0.2) is 0 Å². The largest absolute Gasteiger partial charge is 0.494 e. The van der Waals surface area contributed by atoms with Crippen molar-refractivity contribution in [2.24, 2.45) is 0 Å². The Labute approximate surface area is 111 Å². The van der Waals surface area contributed by atoms with Crippen LogP contribution in [0.25, 0.3) is 0 Å². The molecule has 0 amide bonds. The minimum Gasteiger partial charge on any atom is -0.494 e. The fourth-order valence-electron chi connectivity index (χ4n) is 1.49. The second-order valence-electron chi connectivity index (χ2n) is 4.59. The zero-order chi connectivity index (χ0) is 14.3. The standard InChI is InChI=1S/C14H19F3O2/c1-11(2)12-4-6-13(7-5-12)19-9-3-8-18-10-14(15,16)17/h4-7,11H,3,8-10H2,1-2H3.